The zero-order chi connectivity index (χ0) is 44.3. The highest BCUT2D eigenvalue weighted by molar-refractivity contribution is 5.60. The normalized spacial score (nSPS) is 13.1. The van der Waals surface area contributed by atoms with Crippen molar-refractivity contribution in [2.24, 2.45) is 0 Å². The van der Waals surface area contributed by atoms with Crippen LogP contribution in [0.2, 0.25) is 0 Å². The van der Waals surface area contributed by atoms with Crippen molar-refractivity contribution in [2.75, 3.05) is 205 Å². The first-order chi connectivity index (χ1) is 29.9. The molecule has 0 aliphatic carbocycles. The molecular formula is C42H79NO18. The number of nitrogen functional groups attached to an aromatic ring is 1. The molecule has 61 heavy (non-hydrogen) atoms. The van der Waals surface area contributed by atoms with Gasteiger partial charge in [0.05, 0.1) is 177 Å². The van der Waals surface area contributed by atoms with Gasteiger partial charge in [0, 0.05) is 39.1 Å². The van der Waals surface area contributed by atoms with Gasteiger partial charge in [0.15, 0.2) is 11.5 Å². The Hall–Kier alpha value is -2.18. The molecule has 1 aromatic carbocycles. The van der Waals surface area contributed by atoms with Crippen molar-refractivity contribution in [1.82, 2.24) is 0 Å². The molecule has 0 amide bonds. The Morgan fingerprint density at radius 3 is 0.836 bits per heavy atom. The molecule has 0 spiro atoms. The molecule has 0 saturated heterocycles. The topological polar surface area (TPSA) is 192 Å². The largest absolute Gasteiger partial charge is 0.487 e. The van der Waals surface area contributed by atoms with Crippen molar-refractivity contribution in [3.8, 4) is 17.2 Å². The van der Waals surface area contributed by atoms with Crippen LogP contribution in [-0.2, 0) is 71.1 Å². The van der Waals surface area contributed by atoms with E-state index in [0.29, 0.717) is 182 Å². The molecule has 360 valence electrons. The minimum absolute atomic E-state index is 0.213. The smallest absolute Gasteiger partial charge is 0.203 e. The van der Waals surface area contributed by atoms with E-state index in [4.69, 9.17) is 91.0 Å². The van der Waals surface area contributed by atoms with Crippen LogP contribution >= 0.6 is 0 Å². The first kappa shape index (κ1) is 56.8. The van der Waals surface area contributed by atoms with E-state index >= 15 is 0 Å². The summed E-state index contributed by atoms with van der Waals surface area (Å²) in [7, 11) is 4.91. The Morgan fingerprint density at radius 2 is 0.574 bits per heavy atom. The van der Waals surface area contributed by atoms with Crippen LogP contribution in [-0.4, -0.2) is 218 Å². The fourth-order valence-electron chi connectivity index (χ4n) is 4.69. The molecule has 1 aromatic rings. The fourth-order valence-corrected chi connectivity index (χ4v) is 4.69. The lowest BCUT2D eigenvalue weighted by Crippen LogP contribution is -2.23. The van der Waals surface area contributed by atoms with Crippen molar-refractivity contribution >= 4 is 5.69 Å². The third-order valence-electron chi connectivity index (χ3n) is 7.87. The fraction of sp³-hybridized carbons (Fsp3) is 0.857. The van der Waals surface area contributed by atoms with E-state index in [9.17, 15) is 0 Å². The number of nitrogens with two attached hydrogens (primary N) is 1. The number of hydrogen-bond donors (Lipinski definition) is 1. The number of methoxy groups -OCH3 is 3. The van der Waals surface area contributed by atoms with E-state index in [2.05, 4.69) is 0 Å². The third-order valence-corrected chi connectivity index (χ3v) is 7.87. The van der Waals surface area contributed by atoms with Crippen molar-refractivity contribution < 1.29 is 85.3 Å². The SMILES string of the molecule is COCCOCCOCCOCCO[C@@H](C)COc1cc(N)cc(OC[C@H](C)OCCOCCOCCOCCOC)c1OC[C@H](C)OCCOCCOCCOCCOC. The zero-order valence-corrected chi connectivity index (χ0v) is 37.9. The highest BCUT2D eigenvalue weighted by Crippen LogP contribution is 2.40. The monoisotopic (exact) mass is 886 g/mol. The van der Waals surface area contributed by atoms with Gasteiger partial charge in [0.1, 0.15) is 19.8 Å². The van der Waals surface area contributed by atoms with E-state index < -0.39 is 0 Å². The van der Waals surface area contributed by atoms with E-state index in [1.807, 2.05) is 20.8 Å². The molecule has 1 rings (SSSR count). The van der Waals surface area contributed by atoms with Crippen LogP contribution in [0.5, 0.6) is 17.2 Å². The van der Waals surface area contributed by atoms with Gasteiger partial charge in [0.2, 0.25) is 5.75 Å². The Morgan fingerprint density at radius 1 is 0.344 bits per heavy atom. The molecule has 2 N–H and O–H groups in total. The van der Waals surface area contributed by atoms with Crippen molar-refractivity contribution in [2.45, 2.75) is 39.1 Å². The second-order valence-electron chi connectivity index (χ2n) is 13.3. The van der Waals surface area contributed by atoms with Gasteiger partial charge in [0.25, 0.3) is 0 Å². The van der Waals surface area contributed by atoms with Gasteiger partial charge in [-0.05, 0) is 20.8 Å². The number of ether oxygens (including phenoxy) is 18. The molecule has 0 fully saturated rings. The van der Waals surface area contributed by atoms with Crippen LogP contribution in [0.1, 0.15) is 20.8 Å². The number of hydrogen-bond acceptors (Lipinski definition) is 19. The van der Waals surface area contributed by atoms with E-state index in [1.54, 1.807) is 33.5 Å². The molecule has 19 nitrogen and oxygen atoms in total. The number of anilines is 1. The molecule has 19 heteroatoms. The molecule has 0 aromatic heterocycles. The molecule has 0 bridgehead atoms. The molecule has 0 radical (unpaired) electrons. The molecule has 3 atom stereocenters. The van der Waals surface area contributed by atoms with Gasteiger partial charge in [-0.15, -0.1) is 0 Å². The highest BCUT2D eigenvalue weighted by Gasteiger charge is 2.19. The van der Waals surface area contributed by atoms with Crippen LogP contribution in [0.25, 0.3) is 0 Å². The first-order valence-electron chi connectivity index (χ1n) is 21.2. The molecular weight excluding hydrogens is 806 g/mol. The lowest BCUT2D eigenvalue weighted by molar-refractivity contribution is -0.0292. The second kappa shape index (κ2) is 43.1. The summed E-state index contributed by atoms with van der Waals surface area (Å²) < 4.78 is 101. The van der Waals surface area contributed by atoms with Gasteiger partial charge in [-0.3, -0.25) is 0 Å². The zero-order valence-electron chi connectivity index (χ0n) is 37.9. The third kappa shape index (κ3) is 35.9. The summed E-state index contributed by atoms with van der Waals surface area (Å²) >= 11 is 0. The average Bonchev–Trinajstić information content (AvgIpc) is 3.25. The van der Waals surface area contributed by atoms with E-state index in [0.717, 1.165) is 0 Å². The van der Waals surface area contributed by atoms with Crippen molar-refractivity contribution in [3.63, 3.8) is 0 Å². The van der Waals surface area contributed by atoms with Crippen LogP contribution in [0, 0.1) is 0 Å². The second-order valence-corrected chi connectivity index (χ2v) is 13.3. The van der Waals surface area contributed by atoms with E-state index in [1.165, 1.54) is 0 Å². The van der Waals surface area contributed by atoms with Gasteiger partial charge in [-0.1, -0.05) is 0 Å². The maximum absolute atomic E-state index is 6.31. The Balaban J connectivity index is 2.56. The van der Waals surface area contributed by atoms with Crippen molar-refractivity contribution in [1.29, 1.82) is 0 Å². The van der Waals surface area contributed by atoms with Crippen LogP contribution in [0.15, 0.2) is 12.1 Å². The summed E-state index contributed by atoms with van der Waals surface area (Å²) in [6.07, 6.45) is -0.787. The molecule has 0 heterocycles. The molecule has 0 aliphatic rings. The number of rotatable bonds is 48. The lowest BCUT2D eigenvalue weighted by atomic mass is 10.2. The molecule has 0 saturated carbocycles. The maximum Gasteiger partial charge on any atom is 0.203 e. The summed E-state index contributed by atoms with van der Waals surface area (Å²) in [5.74, 6) is 1.22. The van der Waals surface area contributed by atoms with Gasteiger partial charge >= 0.3 is 0 Å². The quantitative estimate of drug-likeness (QED) is 0.0742. The minimum Gasteiger partial charge on any atom is -0.487 e. The summed E-state index contributed by atoms with van der Waals surface area (Å²) in [6, 6.07) is 3.40. The highest BCUT2D eigenvalue weighted by atomic mass is 16.6. The van der Waals surface area contributed by atoms with Crippen LogP contribution < -0.4 is 19.9 Å². The average molecular weight is 886 g/mol. The Kier molecular flexibility index (Phi) is 40.1. The number of benzene rings is 1. The Labute approximate surface area is 364 Å². The predicted octanol–water partition coefficient (Wildman–Crippen LogP) is 2.71. The molecule has 0 unspecified atom stereocenters. The molecule has 0 aliphatic heterocycles. The van der Waals surface area contributed by atoms with Gasteiger partial charge in [-0.25, -0.2) is 0 Å². The first-order valence-corrected chi connectivity index (χ1v) is 21.2. The van der Waals surface area contributed by atoms with Crippen LogP contribution in [0.3, 0.4) is 0 Å². The summed E-state index contributed by atoms with van der Waals surface area (Å²) in [4.78, 5) is 0. The lowest BCUT2D eigenvalue weighted by Gasteiger charge is -2.22. The standard InChI is InChI=1S/C42H79NO18/c1-36(56-28-25-53-22-19-50-16-13-47-10-7-44-4)33-59-40-31-39(43)32-41(60-34-37(2)57-29-26-54-23-20-51-17-14-48-11-8-45-5)42(40)61-35-38(3)58-30-27-55-24-21-52-18-15-49-12-9-46-6/h31-32,36-38H,7-30,33-35,43H2,1-6H3/t36-,37-,38-/m0/s1. The van der Waals surface area contributed by atoms with Crippen LogP contribution in [0.4, 0.5) is 5.69 Å². The summed E-state index contributed by atoms with van der Waals surface area (Å²) in [6.45, 7) is 17.9. The van der Waals surface area contributed by atoms with Gasteiger partial charge < -0.3 is 91.0 Å². The van der Waals surface area contributed by atoms with Crippen molar-refractivity contribution in [3.05, 3.63) is 12.1 Å². The maximum atomic E-state index is 6.31. The minimum atomic E-state index is -0.272. The summed E-state index contributed by atoms with van der Waals surface area (Å²) in [5.41, 5.74) is 6.75. The predicted molar refractivity (Wildman–Crippen MR) is 227 cm³/mol. The van der Waals surface area contributed by atoms with Gasteiger partial charge in [-0.2, -0.15) is 0 Å². The summed E-state index contributed by atoms with van der Waals surface area (Å²) in [5, 5.41) is 0. The van der Waals surface area contributed by atoms with E-state index in [-0.39, 0.29) is 38.1 Å². The Bertz CT molecular complexity index is 1020.